The summed E-state index contributed by atoms with van der Waals surface area (Å²) >= 11 is 0. The van der Waals surface area contributed by atoms with Crippen LogP contribution in [0.4, 0.5) is 23.2 Å². The van der Waals surface area contributed by atoms with Gasteiger partial charge in [-0.25, -0.2) is 26.0 Å². The number of benzene rings is 2. The first-order valence-electron chi connectivity index (χ1n) is 7.68. The number of aryl methyl sites for hydroxylation is 1. The monoisotopic (exact) mass is 402 g/mol. The molecule has 0 radical (unpaired) electrons. The van der Waals surface area contributed by atoms with Crippen LogP contribution in [-0.2, 0) is 10.0 Å². The summed E-state index contributed by atoms with van der Waals surface area (Å²) in [5.74, 6) is -3.08. The fourth-order valence-electron chi connectivity index (χ4n) is 2.51. The topological polar surface area (TPSA) is 71.2 Å². The second kappa shape index (κ2) is 7.10. The predicted octanol–water partition coefficient (Wildman–Crippen LogP) is 4.20. The molecule has 0 saturated carbocycles. The highest BCUT2D eigenvalue weighted by Crippen LogP contribution is 2.29. The van der Waals surface area contributed by atoms with Gasteiger partial charge in [0.15, 0.2) is 17.4 Å². The molecule has 5 nitrogen and oxygen atoms in total. The van der Waals surface area contributed by atoms with Gasteiger partial charge in [-0.15, -0.1) is 0 Å². The molecule has 144 valence electrons. The molecular formula is C17H14F4N2O3S. The fourth-order valence-corrected chi connectivity index (χ4v) is 3.74. The SMILES string of the molecule is Cc1ccc2c(S(=O)(=O)Nc3cc(F)c(OCC(F)F)cc3F)c[nH]c2c1. The van der Waals surface area contributed by atoms with Crippen LogP contribution in [-0.4, -0.2) is 26.4 Å². The van der Waals surface area contributed by atoms with E-state index in [0.29, 0.717) is 23.0 Å². The molecule has 1 heterocycles. The Morgan fingerprint density at radius 3 is 2.59 bits per heavy atom. The van der Waals surface area contributed by atoms with Gasteiger partial charge in [0.25, 0.3) is 16.4 Å². The largest absolute Gasteiger partial charge is 0.484 e. The van der Waals surface area contributed by atoms with Crippen molar-refractivity contribution in [3.63, 3.8) is 0 Å². The molecule has 10 heteroatoms. The molecule has 2 N–H and O–H groups in total. The molecule has 0 spiro atoms. The summed E-state index contributed by atoms with van der Waals surface area (Å²) in [5, 5.41) is 0.380. The Morgan fingerprint density at radius 1 is 1.15 bits per heavy atom. The highest BCUT2D eigenvalue weighted by Gasteiger charge is 2.22. The van der Waals surface area contributed by atoms with Crippen LogP contribution in [0.2, 0.25) is 0 Å². The van der Waals surface area contributed by atoms with Gasteiger partial charge in [-0.1, -0.05) is 12.1 Å². The number of anilines is 1. The molecule has 1 aromatic heterocycles. The van der Waals surface area contributed by atoms with Crippen molar-refractivity contribution in [2.45, 2.75) is 18.2 Å². The number of sulfonamides is 1. The van der Waals surface area contributed by atoms with E-state index >= 15 is 0 Å². The van der Waals surface area contributed by atoms with Gasteiger partial charge < -0.3 is 9.72 Å². The average Bonchev–Trinajstić information content (AvgIpc) is 3.00. The predicted molar refractivity (Wildman–Crippen MR) is 91.7 cm³/mol. The molecule has 3 aromatic rings. The van der Waals surface area contributed by atoms with Crippen molar-refractivity contribution in [1.29, 1.82) is 0 Å². The van der Waals surface area contributed by atoms with E-state index in [4.69, 9.17) is 0 Å². The molecule has 2 aromatic carbocycles. The van der Waals surface area contributed by atoms with Crippen LogP contribution in [0.5, 0.6) is 5.75 Å². The third-order valence-electron chi connectivity index (χ3n) is 3.72. The van der Waals surface area contributed by atoms with Gasteiger partial charge in [0, 0.05) is 29.2 Å². The maximum atomic E-state index is 14.1. The average molecular weight is 402 g/mol. The highest BCUT2D eigenvalue weighted by atomic mass is 32.2. The summed E-state index contributed by atoms with van der Waals surface area (Å²) in [5.41, 5.74) is 0.810. The molecule has 0 fully saturated rings. The first-order valence-corrected chi connectivity index (χ1v) is 9.16. The molecule has 3 rings (SSSR count). The zero-order valence-electron chi connectivity index (χ0n) is 13.9. The van der Waals surface area contributed by atoms with Crippen LogP contribution in [0.1, 0.15) is 5.56 Å². The van der Waals surface area contributed by atoms with Crippen LogP contribution in [0, 0.1) is 18.6 Å². The summed E-state index contributed by atoms with van der Waals surface area (Å²) in [6, 6.07) is 6.09. The van der Waals surface area contributed by atoms with Crippen molar-refractivity contribution in [2.75, 3.05) is 11.3 Å². The zero-order valence-corrected chi connectivity index (χ0v) is 14.7. The quantitative estimate of drug-likeness (QED) is 0.607. The number of hydrogen-bond acceptors (Lipinski definition) is 3. The number of halogens is 4. The van der Waals surface area contributed by atoms with Crippen molar-refractivity contribution >= 4 is 26.6 Å². The van der Waals surface area contributed by atoms with Crippen LogP contribution in [0.3, 0.4) is 0 Å². The van der Waals surface area contributed by atoms with Crippen molar-refractivity contribution in [2.24, 2.45) is 0 Å². The number of rotatable bonds is 6. The molecule has 0 aliphatic carbocycles. The normalized spacial score (nSPS) is 11.9. The number of fused-ring (bicyclic) bond motifs is 1. The first kappa shape index (κ1) is 19.0. The minimum atomic E-state index is -4.24. The summed E-state index contributed by atoms with van der Waals surface area (Å²) < 4.78 is 83.9. The lowest BCUT2D eigenvalue weighted by Crippen LogP contribution is -2.14. The smallest absolute Gasteiger partial charge is 0.272 e. The highest BCUT2D eigenvalue weighted by molar-refractivity contribution is 7.93. The molecule has 27 heavy (non-hydrogen) atoms. The molecule has 0 unspecified atom stereocenters. The van der Waals surface area contributed by atoms with E-state index < -0.39 is 46.1 Å². The maximum absolute atomic E-state index is 14.1. The lowest BCUT2D eigenvalue weighted by Gasteiger charge is -2.11. The molecule has 0 aliphatic rings. The summed E-state index contributed by atoms with van der Waals surface area (Å²) in [4.78, 5) is 2.66. The molecule has 0 amide bonds. The van der Waals surface area contributed by atoms with Crippen molar-refractivity contribution in [1.82, 2.24) is 4.98 Å². The van der Waals surface area contributed by atoms with Crippen molar-refractivity contribution in [3.8, 4) is 5.75 Å². The summed E-state index contributed by atoms with van der Waals surface area (Å²) in [6.07, 6.45) is -1.63. The maximum Gasteiger partial charge on any atom is 0.272 e. The Balaban J connectivity index is 1.92. The first-order chi connectivity index (χ1) is 12.7. The molecule has 0 saturated heterocycles. The van der Waals surface area contributed by atoms with Gasteiger partial charge in [-0.3, -0.25) is 4.72 Å². The van der Waals surface area contributed by atoms with Crippen molar-refractivity contribution in [3.05, 3.63) is 53.7 Å². The Kier molecular flexibility index (Phi) is 5.01. The summed E-state index contributed by atoms with van der Waals surface area (Å²) in [7, 11) is -4.24. The van der Waals surface area contributed by atoms with Gasteiger partial charge in [0.2, 0.25) is 0 Å². The standard InChI is InChI=1S/C17H14F4N2O3S/c1-9-2-3-10-13(4-9)22-7-16(10)27(24,25)23-14-5-12(19)15(6-11(14)18)26-8-17(20)21/h2-7,17,22-23H,8H2,1H3. The third-order valence-corrected chi connectivity index (χ3v) is 5.12. The Labute approximate surface area is 152 Å². The Morgan fingerprint density at radius 2 is 1.89 bits per heavy atom. The minimum Gasteiger partial charge on any atom is -0.484 e. The third kappa shape index (κ3) is 4.00. The zero-order chi connectivity index (χ0) is 19.8. The van der Waals surface area contributed by atoms with E-state index in [0.717, 1.165) is 5.56 Å². The number of aromatic amines is 1. The molecule has 0 bridgehead atoms. The van der Waals surface area contributed by atoms with E-state index in [1.54, 1.807) is 18.2 Å². The summed E-state index contributed by atoms with van der Waals surface area (Å²) in [6.45, 7) is 0.721. The molecule has 0 aliphatic heterocycles. The fraction of sp³-hybridized carbons (Fsp3) is 0.176. The van der Waals surface area contributed by atoms with Gasteiger partial charge in [0.05, 0.1) is 5.69 Å². The number of ether oxygens (including phenoxy) is 1. The number of hydrogen-bond donors (Lipinski definition) is 2. The van der Waals surface area contributed by atoms with Crippen LogP contribution in [0.15, 0.2) is 41.4 Å². The second-order valence-electron chi connectivity index (χ2n) is 5.77. The number of aromatic nitrogens is 1. The Bertz CT molecular complexity index is 1100. The van der Waals surface area contributed by atoms with Crippen molar-refractivity contribution < 1.29 is 30.7 Å². The number of alkyl halides is 2. The molecule has 0 atom stereocenters. The minimum absolute atomic E-state index is 0.143. The lowest BCUT2D eigenvalue weighted by atomic mass is 10.2. The van der Waals surface area contributed by atoms with E-state index in [1.807, 2.05) is 11.6 Å². The number of nitrogens with one attached hydrogen (secondary N) is 2. The van der Waals surface area contributed by atoms with Crippen LogP contribution in [0.25, 0.3) is 10.9 Å². The second-order valence-corrected chi connectivity index (χ2v) is 7.42. The van der Waals surface area contributed by atoms with Crippen LogP contribution >= 0.6 is 0 Å². The van der Waals surface area contributed by atoms with Gasteiger partial charge in [-0.05, 0) is 18.6 Å². The number of H-pyrrole nitrogens is 1. The van der Waals surface area contributed by atoms with Crippen LogP contribution < -0.4 is 9.46 Å². The van der Waals surface area contributed by atoms with Gasteiger partial charge in [-0.2, -0.15) is 0 Å². The van der Waals surface area contributed by atoms with E-state index in [-0.39, 0.29) is 4.90 Å². The lowest BCUT2D eigenvalue weighted by molar-refractivity contribution is 0.0797. The Hall–Kier alpha value is -2.75. The molecular weight excluding hydrogens is 388 g/mol. The van der Waals surface area contributed by atoms with E-state index in [2.05, 4.69) is 9.72 Å². The van der Waals surface area contributed by atoms with Gasteiger partial charge in [0.1, 0.15) is 11.5 Å². The van der Waals surface area contributed by atoms with E-state index in [9.17, 15) is 26.0 Å². The van der Waals surface area contributed by atoms with E-state index in [1.165, 1.54) is 6.20 Å². The van der Waals surface area contributed by atoms with Gasteiger partial charge >= 0.3 is 0 Å².